The Balaban J connectivity index is 1.68. The van der Waals surface area contributed by atoms with Gasteiger partial charge in [-0.3, -0.25) is 4.79 Å². The quantitative estimate of drug-likeness (QED) is 0.784. The molecule has 1 aromatic heterocycles. The zero-order chi connectivity index (χ0) is 17.8. The summed E-state index contributed by atoms with van der Waals surface area (Å²) in [4.78, 5) is 24.5. The lowest BCUT2D eigenvalue weighted by Gasteiger charge is -2.32. The predicted molar refractivity (Wildman–Crippen MR) is 99.3 cm³/mol. The molecule has 1 saturated heterocycles. The molecule has 25 heavy (non-hydrogen) atoms. The molecule has 5 nitrogen and oxygen atoms in total. The minimum atomic E-state index is -0.0670. The number of benzene rings is 1. The molecule has 1 aliphatic rings. The Morgan fingerprint density at radius 2 is 2.00 bits per heavy atom. The summed E-state index contributed by atoms with van der Waals surface area (Å²) >= 11 is 1.64. The number of rotatable bonds is 4. The summed E-state index contributed by atoms with van der Waals surface area (Å²) in [5.41, 5.74) is 2.51. The van der Waals surface area contributed by atoms with Crippen LogP contribution in [-0.2, 0) is 0 Å². The average molecular weight is 357 g/mol. The van der Waals surface area contributed by atoms with Crippen LogP contribution in [-0.4, -0.2) is 46.2 Å². The highest BCUT2D eigenvalue weighted by atomic mass is 32.2. The van der Waals surface area contributed by atoms with Gasteiger partial charge in [-0.25, -0.2) is 9.97 Å². The lowest BCUT2D eigenvalue weighted by Crippen LogP contribution is -2.44. The Morgan fingerprint density at radius 3 is 2.72 bits per heavy atom. The molecule has 0 saturated carbocycles. The summed E-state index contributed by atoms with van der Waals surface area (Å²) in [7, 11) is 0. The Labute approximate surface area is 152 Å². The molecule has 1 unspecified atom stereocenters. The molecule has 3 rings (SSSR count). The third kappa shape index (κ3) is 4.51. The second-order valence-corrected chi connectivity index (χ2v) is 7.18. The van der Waals surface area contributed by atoms with Gasteiger partial charge >= 0.3 is 6.01 Å². The average Bonchev–Trinajstić information content (AvgIpc) is 2.60. The van der Waals surface area contributed by atoms with E-state index < -0.39 is 0 Å². The molecule has 1 fully saturated rings. The summed E-state index contributed by atoms with van der Waals surface area (Å²) in [5.74, 6) is 0.0607. The largest absolute Gasteiger partial charge is 0.458 e. The Bertz CT molecular complexity index is 746. The van der Waals surface area contributed by atoms with Crippen molar-refractivity contribution < 1.29 is 9.53 Å². The number of nitrogens with zero attached hydrogens (tertiary/aromatic N) is 3. The van der Waals surface area contributed by atoms with Crippen molar-refractivity contribution in [3.8, 4) is 6.01 Å². The van der Waals surface area contributed by atoms with Crippen molar-refractivity contribution in [3.05, 3.63) is 47.3 Å². The molecule has 0 aliphatic carbocycles. The molecule has 1 atom stereocenters. The molecule has 0 N–H and O–H groups in total. The van der Waals surface area contributed by atoms with E-state index in [4.69, 9.17) is 4.74 Å². The van der Waals surface area contributed by atoms with E-state index in [2.05, 4.69) is 9.97 Å². The van der Waals surface area contributed by atoms with Crippen LogP contribution in [0.3, 0.4) is 0 Å². The second-order valence-electron chi connectivity index (χ2n) is 6.30. The maximum Gasteiger partial charge on any atom is 0.317 e. The van der Waals surface area contributed by atoms with Crippen LogP contribution >= 0.6 is 11.8 Å². The summed E-state index contributed by atoms with van der Waals surface area (Å²) < 4.78 is 5.96. The molecule has 1 aliphatic heterocycles. The first kappa shape index (κ1) is 17.7. The summed E-state index contributed by atoms with van der Waals surface area (Å²) in [6.07, 6.45) is 3.77. The zero-order valence-electron chi connectivity index (χ0n) is 14.9. The van der Waals surface area contributed by atoms with Gasteiger partial charge in [0.05, 0.1) is 6.54 Å². The van der Waals surface area contributed by atoms with Crippen molar-refractivity contribution in [2.45, 2.75) is 37.7 Å². The van der Waals surface area contributed by atoms with Gasteiger partial charge in [0, 0.05) is 28.4 Å². The number of piperidine rings is 1. The van der Waals surface area contributed by atoms with Crippen molar-refractivity contribution in [1.29, 1.82) is 0 Å². The van der Waals surface area contributed by atoms with Gasteiger partial charge in [0.1, 0.15) is 6.10 Å². The molecule has 2 heterocycles. The standard InChI is InChI=1S/C19H23N3O2S/c1-13-10-14(2)21-19(20-13)24-16-7-5-9-22(12-16)18(23)15-6-4-8-17(11-15)25-3/h4,6,8,10-11,16H,5,7,9,12H2,1-3H3. The van der Waals surface area contributed by atoms with Crippen molar-refractivity contribution in [3.63, 3.8) is 0 Å². The number of aryl methyl sites for hydroxylation is 2. The molecule has 0 bridgehead atoms. The van der Waals surface area contributed by atoms with Crippen LogP contribution in [0.25, 0.3) is 0 Å². The number of ether oxygens (including phenoxy) is 1. The van der Waals surface area contributed by atoms with Crippen LogP contribution < -0.4 is 4.74 Å². The van der Waals surface area contributed by atoms with Gasteiger partial charge in [-0.1, -0.05) is 6.07 Å². The van der Waals surface area contributed by atoms with E-state index in [9.17, 15) is 4.79 Å². The molecule has 132 valence electrons. The number of hydrogen-bond donors (Lipinski definition) is 0. The number of amides is 1. The van der Waals surface area contributed by atoms with E-state index in [0.29, 0.717) is 12.6 Å². The van der Waals surface area contributed by atoms with Crippen molar-refractivity contribution >= 4 is 17.7 Å². The third-order valence-corrected chi connectivity index (χ3v) is 4.94. The molecular weight excluding hydrogens is 334 g/mol. The zero-order valence-corrected chi connectivity index (χ0v) is 15.7. The topological polar surface area (TPSA) is 55.3 Å². The van der Waals surface area contributed by atoms with Crippen LogP contribution in [0.4, 0.5) is 0 Å². The molecule has 1 aromatic carbocycles. The van der Waals surface area contributed by atoms with Crippen molar-refractivity contribution in [1.82, 2.24) is 14.9 Å². The lowest BCUT2D eigenvalue weighted by molar-refractivity contribution is 0.0514. The summed E-state index contributed by atoms with van der Waals surface area (Å²) in [6.45, 7) is 5.18. The number of thioether (sulfide) groups is 1. The third-order valence-electron chi connectivity index (χ3n) is 4.22. The number of aromatic nitrogens is 2. The SMILES string of the molecule is CSc1cccc(C(=O)N2CCCC(Oc3nc(C)cc(C)n3)C2)c1. The Morgan fingerprint density at radius 1 is 1.24 bits per heavy atom. The smallest absolute Gasteiger partial charge is 0.317 e. The van der Waals surface area contributed by atoms with Gasteiger partial charge in [0.2, 0.25) is 0 Å². The van der Waals surface area contributed by atoms with E-state index in [1.165, 1.54) is 0 Å². The lowest BCUT2D eigenvalue weighted by atomic mass is 10.1. The van der Waals surface area contributed by atoms with Crippen LogP contribution in [0.1, 0.15) is 34.6 Å². The van der Waals surface area contributed by atoms with Gasteiger partial charge in [0.25, 0.3) is 5.91 Å². The first-order chi connectivity index (χ1) is 12.0. The first-order valence-corrected chi connectivity index (χ1v) is 9.70. The highest BCUT2D eigenvalue weighted by Gasteiger charge is 2.26. The monoisotopic (exact) mass is 357 g/mol. The van der Waals surface area contributed by atoms with E-state index >= 15 is 0 Å². The Kier molecular flexibility index (Phi) is 5.58. The van der Waals surface area contributed by atoms with Gasteiger partial charge < -0.3 is 9.64 Å². The van der Waals surface area contributed by atoms with E-state index in [-0.39, 0.29) is 12.0 Å². The molecule has 6 heteroatoms. The van der Waals surface area contributed by atoms with Gasteiger partial charge in [-0.15, -0.1) is 11.8 Å². The maximum absolute atomic E-state index is 12.8. The molecule has 0 radical (unpaired) electrons. The molecular formula is C19H23N3O2S. The highest BCUT2D eigenvalue weighted by Crippen LogP contribution is 2.21. The number of likely N-dealkylation sites (tertiary alicyclic amines) is 1. The van der Waals surface area contributed by atoms with Gasteiger partial charge in [0.15, 0.2) is 0 Å². The van der Waals surface area contributed by atoms with Crippen molar-refractivity contribution in [2.24, 2.45) is 0 Å². The van der Waals surface area contributed by atoms with Gasteiger partial charge in [-0.05, 0) is 57.2 Å². The second kappa shape index (κ2) is 7.87. The number of carbonyl (C=O) groups is 1. The van der Waals surface area contributed by atoms with Gasteiger partial charge in [-0.2, -0.15) is 0 Å². The van der Waals surface area contributed by atoms with E-state index in [1.807, 2.05) is 55.3 Å². The minimum Gasteiger partial charge on any atom is -0.458 e. The summed E-state index contributed by atoms with van der Waals surface area (Å²) in [6, 6.07) is 10.1. The van der Waals surface area contributed by atoms with Crippen LogP contribution in [0.5, 0.6) is 6.01 Å². The van der Waals surface area contributed by atoms with Crippen molar-refractivity contribution in [2.75, 3.05) is 19.3 Å². The Hall–Kier alpha value is -2.08. The van der Waals surface area contributed by atoms with Crippen LogP contribution in [0, 0.1) is 13.8 Å². The maximum atomic E-state index is 12.8. The molecule has 0 spiro atoms. The summed E-state index contributed by atoms with van der Waals surface area (Å²) in [5, 5.41) is 0. The molecule has 2 aromatic rings. The normalized spacial score (nSPS) is 17.4. The fraction of sp³-hybridized carbons (Fsp3) is 0.421. The number of carbonyl (C=O) groups excluding carboxylic acids is 1. The van der Waals surface area contributed by atoms with Crippen LogP contribution in [0.2, 0.25) is 0 Å². The minimum absolute atomic E-state index is 0.0607. The number of hydrogen-bond acceptors (Lipinski definition) is 5. The molecule has 1 amide bonds. The van der Waals surface area contributed by atoms with E-state index in [1.54, 1.807) is 11.8 Å². The highest BCUT2D eigenvalue weighted by molar-refractivity contribution is 7.98. The first-order valence-electron chi connectivity index (χ1n) is 8.47. The fourth-order valence-corrected chi connectivity index (χ4v) is 3.51. The predicted octanol–water partition coefficient (Wildman–Crippen LogP) is 3.50. The fourth-order valence-electron chi connectivity index (χ4n) is 3.05. The van der Waals surface area contributed by atoms with E-state index in [0.717, 1.165) is 41.2 Å². The van der Waals surface area contributed by atoms with Crippen LogP contribution in [0.15, 0.2) is 35.2 Å².